The van der Waals surface area contributed by atoms with E-state index in [1.165, 1.54) is 25.1 Å². The average Bonchev–Trinajstić information content (AvgIpc) is 2.40. The van der Waals surface area contributed by atoms with Crippen molar-refractivity contribution < 1.29 is 13.2 Å². The molecule has 5 nitrogen and oxygen atoms in total. The average molecular weight is 338 g/mol. The van der Waals surface area contributed by atoms with E-state index < -0.39 is 10.0 Å². The minimum atomic E-state index is -3.82. The molecule has 0 aliphatic rings. The van der Waals surface area contributed by atoms with Gasteiger partial charge in [0, 0.05) is 18.3 Å². The summed E-state index contributed by atoms with van der Waals surface area (Å²) in [7, 11) is -3.82. The minimum absolute atomic E-state index is 0.0209. The molecular weight excluding hydrogens is 324 g/mol. The van der Waals surface area contributed by atoms with Crippen LogP contribution in [0.2, 0.25) is 5.02 Å². The molecule has 0 aliphatic carbocycles. The number of sulfonamides is 1. The van der Waals surface area contributed by atoms with Crippen LogP contribution in [0.5, 0.6) is 0 Å². The highest BCUT2D eigenvalue weighted by Crippen LogP contribution is 2.27. The van der Waals surface area contributed by atoms with Crippen LogP contribution in [-0.2, 0) is 14.8 Å². The van der Waals surface area contributed by atoms with E-state index >= 15 is 0 Å². The van der Waals surface area contributed by atoms with Crippen LogP contribution in [0.1, 0.15) is 12.5 Å². The molecule has 0 bridgehead atoms. The van der Waals surface area contributed by atoms with Gasteiger partial charge in [0.25, 0.3) is 10.0 Å². The Kier molecular flexibility index (Phi) is 4.73. The van der Waals surface area contributed by atoms with Gasteiger partial charge in [-0.1, -0.05) is 23.7 Å². The predicted octanol–water partition coefficient (Wildman–Crippen LogP) is 3.28. The zero-order valence-electron chi connectivity index (χ0n) is 11.8. The number of nitrogens with one attached hydrogen (secondary N) is 2. The van der Waals surface area contributed by atoms with Crippen LogP contribution in [0.3, 0.4) is 0 Å². The largest absolute Gasteiger partial charge is 0.326 e. The second kappa shape index (κ2) is 6.37. The molecule has 22 heavy (non-hydrogen) atoms. The van der Waals surface area contributed by atoms with Crippen LogP contribution >= 0.6 is 11.6 Å². The molecular formula is C15H14ClN2O3S. The second-order valence-corrected chi connectivity index (χ2v) is 6.69. The molecule has 2 aromatic rings. The van der Waals surface area contributed by atoms with E-state index in [1.807, 2.05) is 0 Å². The number of anilines is 2. The molecule has 2 rings (SSSR count). The molecule has 0 unspecified atom stereocenters. The normalized spacial score (nSPS) is 11.0. The number of carbonyl (C=O) groups is 1. The molecule has 0 saturated carbocycles. The molecule has 0 aromatic heterocycles. The maximum absolute atomic E-state index is 12.3. The highest BCUT2D eigenvalue weighted by atomic mass is 35.5. The van der Waals surface area contributed by atoms with Crippen LogP contribution in [0.25, 0.3) is 0 Å². The van der Waals surface area contributed by atoms with E-state index in [1.54, 1.807) is 24.3 Å². The lowest BCUT2D eigenvalue weighted by molar-refractivity contribution is -0.114. The van der Waals surface area contributed by atoms with E-state index in [2.05, 4.69) is 17.0 Å². The summed E-state index contributed by atoms with van der Waals surface area (Å²) in [5.41, 5.74) is 1.62. The lowest BCUT2D eigenvalue weighted by Gasteiger charge is -2.11. The molecule has 0 atom stereocenters. The van der Waals surface area contributed by atoms with Crippen molar-refractivity contribution in [3.05, 3.63) is 60.0 Å². The van der Waals surface area contributed by atoms with Crippen molar-refractivity contribution in [1.29, 1.82) is 0 Å². The Bertz CT molecular complexity index is 802. The Balaban J connectivity index is 2.29. The first-order valence-corrected chi connectivity index (χ1v) is 8.16. The summed E-state index contributed by atoms with van der Waals surface area (Å²) in [4.78, 5) is 10.9. The van der Waals surface area contributed by atoms with E-state index in [9.17, 15) is 13.2 Å². The summed E-state index contributed by atoms with van der Waals surface area (Å²) in [5, 5.41) is 2.56. The quantitative estimate of drug-likeness (QED) is 0.899. The van der Waals surface area contributed by atoms with Gasteiger partial charge in [0.15, 0.2) is 0 Å². The first kappa shape index (κ1) is 16.3. The molecule has 0 spiro atoms. The molecule has 0 heterocycles. The van der Waals surface area contributed by atoms with Crippen molar-refractivity contribution in [2.24, 2.45) is 0 Å². The van der Waals surface area contributed by atoms with Gasteiger partial charge in [0.2, 0.25) is 5.91 Å². The fraction of sp³-hybridized carbons (Fsp3) is 0.0667. The van der Waals surface area contributed by atoms with Crippen LogP contribution in [0.15, 0.2) is 47.4 Å². The van der Waals surface area contributed by atoms with Crippen LogP contribution in [0.4, 0.5) is 11.4 Å². The monoisotopic (exact) mass is 337 g/mol. The van der Waals surface area contributed by atoms with Gasteiger partial charge in [0.05, 0.1) is 5.02 Å². The van der Waals surface area contributed by atoms with Crippen molar-refractivity contribution in [1.82, 2.24) is 0 Å². The van der Waals surface area contributed by atoms with Gasteiger partial charge < -0.3 is 5.32 Å². The number of carbonyl (C=O) groups excluding carboxylic acids is 1. The Labute approximate surface area is 134 Å². The van der Waals surface area contributed by atoms with E-state index in [4.69, 9.17) is 11.6 Å². The Morgan fingerprint density at radius 2 is 1.68 bits per heavy atom. The van der Waals surface area contributed by atoms with E-state index in [-0.39, 0.29) is 15.8 Å². The van der Waals surface area contributed by atoms with Gasteiger partial charge in [-0.25, -0.2) is 8.42 Å². The van der Waals surface area contributed by atoms with Gasteiger partial charge >= 0.3 is 0 Å². The van der Waals surface area contributed by atoms with Crippen molar-refractivity contribution in [2.45, 2.75) is 11.8 Å². The predicted molar refractivity (Wildman–Crippen MR) is 87.5 cm³/mol. The van der Waals surface area contributed by atoms with Gasteiger partial charge in [-0.2, -0.15) is 0 Å². The minimum Gasteiger partial charge on any atom is -0.326 e. The zero-order chi connectivity index (χ0) is 16.3. The maximum atomic E-state index is 12.3. The molecule has 0 fully saturated rings. The lowest BCUT2D eigenvalue weighted by Crippen LogP contribution is -2.14. The van der Waals surface area contributed by atoms with Crippen molar-refractivity contribution >= 4 is 38.9 Å². The smallest absolute Gasteiger partial charge is 0.263 e. The second-order valence-electron chi connectivity index (χ2n) is 4.63. The maximum Gasteiger partial charge on any atom is 0.263 e. The van der Waals surface area contributed by atoms with E-state index in [0.29, 0.717) is 11.4 Å². The third kappa shape index (κ3) is 3.99. The topological polar surface area (TPSA) is 75.3 Å². The summed E-state index contributed by atoms with van der Waals surface area (Å²) >= 11 is 6.01. The molecule has 1 radical (unpaired) electrons. The first-order valence-electron chi connectivity index (χ1n) is 6.30. The van der Waals surface area contributed by atoms with Crippen LogP contribution in [0, 0.1) is 6.92 Å². The summed E-state index contributed by atoms with van der Waals surface area (Å²) in [6.45, 7) is 5.08. The van der Waals surface area contributed by atoms with Gasteiger partial charge in [-0.3, -0.25) is 9.52 Å². The highest BCUT2D eigenvalue weighted by Gasteiger charge is 2.18. The fourth-order valence-electron chi connectivity index (χ4n) is 1.78. The highest BCUT2D eigenvalue weighted by molar-refractivity contribution is 7.92. The third-order valence-electron chi connectivity index (χ3n) is 2.75. The van der Waals surface area contributed by atoms with Gasteiger partial charge in [0.1, 0.15) is 4.90 Å². The van der Waals surface area contributed by atoms with Crippen LogP contribution in [-0.4, -0.2) is 14.3 Å². The molecule has 2 N–H and O–H groups in total. The summed E-state index contributed by atoms with van der Waals surface area (Å²) in [6, 6.07) is 10.8. The molecule has 0 aliphatic heterocycles. The molecule has 1 amide bonds. The van der Waals surface area contributed by atoms with Crippen LogP contribution < -0.4 is 10.0 Å². The Hall–Kier alpha value is -2.05. The number of hydrogen-bond acceptors (Lipinski definition) is 3. The first-order chi connectivity index (χ1) is 10.3. The summed E-state index contributed by atoms with van der Waals surface area (Å²) in [6.07, 6.45) is 0. The van der Waals surface area contributed by atoms with Gasteiger partial charge in [-0.15, -0.1) is 0 Å². The number of benzene rings is 2. The van der Waals surface area contributed by atoms with Gasteiger partial charge in [-0.05, 0) is 42.8 Å². The van der Waals surface area contributed by atoms with Crippen molar-refractivity contribution in [3.63, 3.8) is 0 Å². The molecule has 2 aromatic carbocycles. The van der Waals surface area contributed by atoms with E-state index in [0.717, 1.165) is 5.56 Å². The SMILES string of the molecule is [CH2]c1ccc(NS(=O)(=O)c2ccc(NC(C)=O)cc2Cl)cc1. The molecule has 0 saturated heterocycles. The molecule has 115 valence electrons. The summed E-state index contributed by atoms with van der Waals surface area (Å²) < 4.78 is 27.1. The number of rotatable bonds is 4. The number of halogens is 1. The fourth-order valence-corrected chi connectivity index (χ4v) is 3.39. The van der Waals surface area contributed by atoms with Crippen molar-refractivity contribution in [2.75, 3.05) is 10.0 Å². The third-order valence-corrected chi connectivity index (χ3v) is 4.61. The summed E-state index contributed by atoms with van der Waals surface area (Å²) in [5.74, 6) is -0.266. The Morgan fingerprint density at radius 3 is 2.23 bits per heavy atom. The number of amides is 1. The Morgan fingerprint density at radius 1 is 1.09 bits per heavy atom. The standard InChI is InChI=1S/C15H14ClN2O3S/c1-10-3-5-12(6-4-10)18-22(20,21)15-8-7-13(9-14(15)16)17-11(2)19/h3-9,18H,1H2,2H3,(H,17,19). The molecule has 7 heteroatoms. The lowest BCUT2D eigenvalue weighted by atomic mass is 10.2. The van der Waals surface area contributed by atoms with Crippen molar-refractivity contribution in [3.8, 4) is 0 Å². The zero-order valence-corrected chi connectivity index (χ0v) is 13.3. The number of hydrogen-bond donors (Lipinski definition) is 2.